The van der Waals surface area contributed by atoms with Gasteiger partial charge in [0.05, 0.1) is 21.5 Å². The van der Waals surface area contributed by atoms with Gasteiger partial charge in [-0.15, -0.1) is 0 Å². The Morgan fingerprint density at radius 3 is 2.71 bits per heavy atom. The molecule has 0 saturated carbocycles. The first-order valence-electron chi connectivity index (χ1n) is 8.41. The summed E-state index contributed by atoms with van der Waals surface area (Å²) in [5.74, 6) is -0.294. The predicted octanol–water partition coefficient (Wildman–Crippen LogP) is 5.47. The number of anilines is 1. The van der Waals surface area contributed by atoms with Crippen LogP contribution in [0.5, 0.6) is 0 Å². The molecule has 0 radical (unpaired) electrons. The van der Waals surface area contributed by atoms with Crippen molar-refractivity contribution < 1.29 is 9.21 Å². The third-order valence-electron chi connectivity index (χ3n) is 4.39. The molecule has 0 N–H and O–H groups in total. The van der Waals surface area contributed by atoms with Gasteiger partial charge >= 0.3 is 0 Å². The quantitative estimate of drug-likeness (QED) is 0.401. The van der Waals surface area contributed by atoms with Crippen LogP contribution in [0.15, 0.2) is 56.8 Å². The average molecular weight is 428 g/mol. The molecule has 28 heavy (non-hydrogen) atoms. The van der Waals surface area contributed by atoms with Crippen LogP contribution in [-0.4, -0.2) is 10.2 Å². The molecule has 0 atom stereocenters. The number of carbonyl (C=O) groups is 1. The van der Waals surface area contributed by atoms with Crippen LogP contribution in [0.25, 0.3) is 17.0 Å². The zero-order chi connectivity index (χ0) is 20.0. The molecule has 7 heteroatoms. The zero-order valence-corrected chi connectivity index (χ0v) is 17.4. The van der Waals surface area contributed by atoms with E-state index in [-0.39, 0.29) is 11.3 Å². The number of nitrogens with zero attached hydrogens (tertiary/aromatic N) is 1. The number of fused-ring (bicyclic) bond motifs is 1. The number of hydrogen-bond donors (Lipinski definition) is 0. The molecule has 1 aromatic heterocycles. The lowest BCUT2D eigenvalue weighted by Gasteiger charge is -2.14. The van der Waals surface area contributed by atoms with Crippen molar-refractivity contribution in [3.63, 3.8) is 0 Å². The van der Waals surface area contributed by atoms with Gasteiger partial charge in [0, 0.05) is 5.02 Å². The zero-order valence-electron chi connectivity index (χ0n) is 15.0. The molecule has 0 bridgehead atoms. The van der Waals surface area contributed by atoms with Crippen LogP contribution in [0.3, 0.4) is 0 Å². The van der Waals surface area contributed by atoms with Gasteiger partial charge in [-0.3, -0.25) is 14.5 Å². The number of hydrogen-bond acceptors (Lipinski definition) is 5. The minimum absolute atomic E-state index is 0.174. The summed E-state index contributed by atoms with van der Waals surface area (Å²) < 4.78 is 6.04. The van der Waals surface area contributed by atoms with Crippen molar-refractivity contribution in [1.82, 2.24) is 0 Å². The van der Waals surface area contributed by atoms with Crippen molar-refractivity contribution in [3.8, 4) is 0 Å². The maximum Gasteiger partial charge on any atom is 0.270 e. The first-order valence-corrected chi connectivity index (χ1v) is 10.0. The molecular formula is C21H14ClNO3S2. The predicted molar refractivity (Wildman–Crippen MR) is 119 cm³/mol. The van der Waals surface area contributed by atoms with E-state index in [2.05, 4.69) is 0 Å². The van der Waals surface area contributed by atoms with E-state index in [1.165, 1.54) is 17.2 Å². The third-order valence-corrected chi connectivity index (χ3v) is 5.93. The second kappa shape index (κ2) is 7.20. The van der Waals surface area contributed by atoms with Crippen LogP contribution in [0.4, 0.5) is 5.69 Å². The average Bonchev–Trinajstić information content (AvgIpc) is 2.90. The maximum atomic E-state index is 12.9. The standard InChI is InChI=1S/C21H14ClNO3S2/c1-11-6-12(2)18-16(7-11)26-10-13(19(18)24)8-17-20(25)23(21(27)28-17)15-5-3-4-14(22)9-15/h3-10H,1-2H3/b17-8+. The van der Waals surface area contributed by atoms with Gasteiger partial charge in [-0.05, 0) is 55.3 Å². The molecule has 1 amide bonds. The minimum Gasteiger partial charge on any atom is -0.463 e. The fraction of sp³-hybridized carbons (Fsp3) is 0.0952. The van der Waals surface area contributed by atoms with Gasteiger partial charge in [0.25, 0.3) is 5.91 Å². The number of thiocarbonyl (C=S) groups is 1. The minimum atomic E-state index is -0.294. The van der Waals surface area contributed by atoms with Gasteiger partial charge < -0.3 is 4.42 Å². The molecule has 2 heterocycles. The monoisotopic (exact) mass is 427 g/mol. The summed E-state index contributed by atoms with van der Waals surface area (Å²) in [5, 5.41) is 1.03. The van der Waals surface area contributed by atoms with Crippen molar-refractivity contribution in [1.29, 1.82) is 0 Å². The number of halogens is 1. The summed E-state index contributed by atoms with van der Waals surface area (Å²) in [6.07, 6.45) is 2.92. The lowest BCUT2D eigenvalue weighted by molar-refractivity contribution is -0.113. The van der Waals surface area contributed by atoms with E-state index in [1.807, 2.05) is 26.0 Å². The number of rotatable bonds is 2. The van der Waals surface area contributed by atoms with Crippen LogP contribution >= 0.6 is 35.6 Å². The Balaban J connectivity index is 1.78. The molecular weight excluding hydrogens is 414 g/mol. The smallest absolute Gasteiger partial charge is 0.270 e. The molecule has 0 unspecified atom stereocenters. The summed E-state index contributed by atoms with van der Waals surface area (Å²) in [6, 6.07) is 10.7. The first-order chi connectivity index (χ1) is 13.3. The number of amides is 1. The van der Waals surface area contributed by atoms with Crippen molar-refractivity contribution >= 4 is 68.5 Å². The molecule has 4 nitrogen and oxygen atoms in total. The Bertz CT molecular complexity index is 1250. The highest BCUT2D eigenvalue weighted by Crippen LogP contribution is 2.36. The summed E-state index contributed by atoms with van der Waals surface area (Å²) >= 11 is 12.5. The molecule has 140 valence electrons. The van der Waals surface area contributed by atoms with E-state index in [0.29, 0.717) is 36.5 Å². The van der Waals surface area contributed by atoms with Crippen LogP contribution < -0.4 is 10.3 Å². The number of aryl methyl sites for hydroxylation is 2. The highest BCUT2D eigenvalue weighted by molar-refractivity contribution is 8.27. The summed E-state index contributed by atoms with van der Waals surface area (Å²) in [7, 11) is 0. The van der Waals surface area contributed by atoms with E-state index in [0.717, 1.165) is 22.9 Å². The van der Waals surface area contributed by atoms with E-state index < -0.39 is 0 Å². The molecule has 1 aliphatic rings. The van der Waals surface area contributed by atoms with Crippen LogP contribution in [-0.2, 0) is 4.79 Å². The van der Waals surface area contributed by atoms with E-state index >= 15 is 0 Å². The van der Waals surface area contributed by atoms with Gasteiger partial charge in [-0.25, -0.2) is 0 Å². The Labute approximate surface area is 175 Å². The highest BCUT2D eigenvalue weighted by Gasteiger charge is 2.33. The largest absolute Gasteiger partial charge is 0.463 e. The topological polar surface area (TPSA) is 50.5 Å². The maximum absolute atomic E-state index is 12.9. The van der Waals surface area contributed by atoms with Gasteiger partial charge in [0.1, 0.15) is 11.8 Å². The Morgan fingerprint density at radius 2 is 1.96 bits per heavy atom. The summed E-state index contributed by atoms with van der Waals surface area (Å²) in [5.41, 5.74) is 3.12. The highest BCUT2D eigenvalue weighted by atomic mass is 35.5. The number of carbonyl (C=O) groups excluding carboxylic acids is 1. The Hall–Kier alpha value is -2.41. The number of thioether (sulfide) groups is 1. The van der Waals surface area contributed by atoms with Gasteiger partial charge in [0.2, 0.25) is 0 Å². The van der Waals surface area contributed by atoms with Crippen LogP contribution in [0, 0.1) is 13.8 Å². The molecule has 1 fully saturated rings. The van der Waals surface area contributed by atoms with Gasteiger partial charge in [0.15, 0.2) is 9.75 Å². The first kappa shape index (κ1) is 18.9. The van der Waals surface area contributed by atoms with Gasteiger partial charge in [-0.2, -0.15) is 0 Å². The third kappa shape index (κ3) is 3.28. The second-order valence-corrected chi connectivity index (χ2v) is 8.58. The second-order valence-electron chi connectivity index (χ2n) is 6.47. The Kier molecular flexibility index (Phi) is 4.87. The van der Waals surface area contributed by atoms with Crippen molar-refractivity contribution in [2.75, 3.05) is 4.90 Å². The van der Waals surface area contributed by atoms with Crippen LogP contribution in [0.1, 0.15) is 16.7 Å². The van der Waals surface area contributed by atoms with E-state index in [1.54, 1.807) is 24.3 Å². The SMILES string of the molecule is Cc1cc(C)c2c(=O)c(/C=C3/SC(=S)N(c4cccc(Cl)c4)C3=O)coc2c1. The lowest BCUT2D eigenvalue weighted by Crippen LogP contribution is -2.27. The fourth-order valence-electron chi connectivity index (χ4n) is 3.18. The molecule has 0 spiro atoms. The fourth-order valence-corrected chi connectivity index (χ4v) is 4.66. The van der Waals surface area contributed by atoms with E-state index in [4.69, 9.17) is 28.2 Å². The number of benzene rings is 2. The van der Waals surface area contributed by atoms with Crippen LogP contribution in [0.2, 0.25) is 5.02 Å². The normalized spacial score (nSPS) is 15.8. The van der Waals surface area contributed by atoms with Gasteiger partial charge in [-0.1, -0.05) is 47.7 Å². The molecule has 1 aliphatic heterocycles. The van der Waals surface area contributed by atoms with Crippen molar-refractivity contribution in [2.45, 2.75) is 13.8 Å². The molecule has 1 saturated heterocycles. The molecule has 4 rings (SSSR count). The molecule has 0 aliphatic carbocycles. The molecule has 3 aromatic rings. The molecule has 2 aromatic carbocycles. The lowest BCUT2D eigenvalue weighted by atomic mass is 10.0. The Morgan fingerprint density at radius 1 is 1.18 bits per heavy atom. The van der Waals surface area contributed by atoms with Crippen molar-refractivity contribution in [3.05, 3.63) is 79.5 Å². The van der Waals surface area contributed by atoms with Crippen molar-refractivity contribution in [2.24, 2.45) is 0 Å². The van der Waals surface area contributed by atoms with E-state index in [9.17, 15) is 9.59 Å². The summed E-state index contributed by atoms with van der Waals surface area (Å²) in [4.78, 5) is 27.6. The summed E-state index contributed by atoms with van der Waals surface area (Å²) in [6.45, 7) is 3.82.